The van der Waals surface area contributed by atoms with Crippen molar-refractivity contribution in [2.24, 2.45) is 0 Å². The van der Waals surface area contributed by atoms with Gasteiger partial charge in [-0.2, -0.15) is 0 Å². The molecule has 0 radical (unpaired) electrons. The van der Waals surface area contributed by atoms with E-state index in [1.807, 2.05) is 18.2 Å². The molecule has 29 heavy (non-hydrogen) atoms. The number of benzene rings is 2. The van der Waals surface area contributed by atoms with E-state index < -0.39 is 21.7 Å². The van der Waals surface area contributed by atoms with E-state index in [-0.39, 0.29) is 10.3 Å². The van der Waals surface area contributed by atoms with Crippen LogP contribution in [-0.4, -0.2) is 19.3 Å². The normalized spacial score (nSPS) is 13.1. The Kier molecular flexibility index (Phi) is 4.07. The minimum atomic E-state index is -4.24. The smallest absolute Gasteiger partial charge is 0.275 e. The molecule has 2 N–H and O–H groups in total. The maximum atomic E-state index is 14.2. The van der Waals surface area contributed by atoms with Crippen molar-refractivity contribution in [2.45, 2.75) is 17.7 Å². The highest BCUT2D eigenvalue weighted by Crippen LogP contribution is 2.39. The Morgan fingerprint density at radius 3 is 2.72 bits per heavy atom. The number of fused-ring (bicyclic) bond motifs is 4. The Hall–Kier alpha value is -2.97. The number of carbonyl (C=O) groups excluding carboxylic acids is 1. The van der Waals surface area contributed by atoms with Crippen molar-refractivity contribution in [2.75, 3.05) is 0 Å². The maximum absolute atomic E-state index is 14.2. The zero-order valence-corrected chi connectivity index (χ0v) is 16.7. The van der Waals surface area contributed by atoms with Gasteiger partial charge in [-0.1, -0.05) is 30.3 Å². The van der Waals surface area contributed by atoms with Gasteiger partial charge in [0.05, 0.1) is 10.3 Å². The largest absolute Gasteiger partial charge is 0.360 e. The molecule has 0 unspecified atom stereocenters. The van der Waals surface area contributed by atoms with Gasteiger partial charge in [0, 0.05) is 16.6 Å². The van der Waals surface area contributed by atoms with Gasteiger partial charge in [-0.05, 0) is 47.7 Å². The quantitative estimate of drug-likeness (QED) is 0.514. The fourth-order valence-corrected chi connectivity index (χ4v) is 6.12. The first kappa shape index (κ1) is 18.1. The van der Waals surface area contributed by atoms with Crippen LogP contribution in [0.1, 0.15) is 20.8 Å². The van der Waals surface area contributed by atoms with Crippen LogP contribution in [0.4, 0.5) is 4.39 Å². The van der Waals surface area contributed by atoms with Crippen LogP contribution in [0.3, 0.4) is 0 Å². The second-order valence-corrected chi connectivity index (χ2v) is 9.58. The Morgan fingerprint density at radius 2 is 1.86 bits per heavy atom. The Balaban J connectivity index is 1.49. The number of halogens is 1. The van der Waals surface area contributed by atoms with E-state index in [4.69, 9.17) is 0 Å². The fourth-order valence-electron chi connectivity index (χ4n) is 3.73. The number of hydrogen-bond donors (Lipinski definition) is 2. The van der Waals surface area contributed by atoms with Crippen LogP contribution < -0.4 is 4.72 Å². The molecule has 0 atom stereocenters. The summed E-state index contributed by atoms with van der Waals surface area (Å²) in [4.78, 5) is 16.5. The number of carbonyl (C=O) groups is 1. The molecule has 0 bridgehead atoms. The van der Waals surface area contributed by atoms with Crippen LogP contribution >= 0.6 is 11.3 Å². The molecule has 5 rings (SSSR count). The lowest BCUT2D eigenvalue weighted by Crippen LogP contribution is -2.30. The number of nitrogens with one attached hydrogen (secondary N) is 2. The first-order chi connectivity index (χ1) is 13.9. The van der Waals surface area contributed by atoms with E-state index in [0.29, 0.717) is 10.4 Å². The zero-order valence-electron chi connectivity index (χ0n) is 15.0. The van der Waals surface area contributed by atoms with Crippen LogP contribution in [0.25, 0.3) is 21.3 Å². The third-order valence-corrected chi connectivity index (χ3v) is 7.66. The van der Waals surface area contributed by atoms with Crippen LogP contribution in [-0.2, 0) is 22.9 Å². The Bertz CT molecular complexity index is 1390. The predicted molar refractivity (Wildman–Crippen MR) is 110 cm³/mol. The third kappa shape index (κ3) is 2.95. The van der Waals surface area contributed by atoms with Gasteiger partial charge in [0.25, 0.3) is 15.9 Å². The van der Waals surface area contributed by atoms with E-state index in [2.05, 4.69) is 15.8 Å². The van der Waals surface area contributed by atoms with Crippen molar-refractivity contribution >= 4 is 38.2 Å². The van der Waals surface area contributed by atoms with Gasteiger partial charge in [-0.25, -0.2) is 17.5 Å². The predicted octanol–water partition coefficient (Wildman–Crippen LogP) is 4.25. The molecule has 0 aliphatic heterocycles. The van der Waals surface area contributed by atoms with Gasteiger partial charge in [0.2, 0.25) is 0 Å². The van der Waals surface area contributed by atoms with Gasteiger partial charge in [0.1, 0.15) is 10.7 Å². The first-order valence-corrected chi connectivity index (χ1v) is 11.3. The number of rotatable bonds is 3. The average Bonchev–Trinajstić information content (AvgIpc) is 3.33. The molecule has 1 aliphatic carbocycles. The SMILES string of the molecule is O=C(NS(=O)(=O)c1c[nH]c2cccc(F)c12)c1cc2c(s1)-c1ccccc1CC2. The molecule has 5 nitrogen and oxygen atoms in total. The number of amides is 1. The first-order valence-electron chi connectivity index (χ1n) is 8.98. The number of aryl methyl sites for hydroxylation is 2. The lowest BCUT2D eigenvalue weighted by molar-refractivity contribution is 0.0985. The number of aromatic amines is 1. The van der Waals surface area contributed by atoms with E-state index in [0.717, 1.165) is 28.8 Å². The highest BCUT2D eigenvalue weighted by Gasteiger charge is 2.27. The molecule has 0 spiro atoms. The number of H-pyrrole nitrogens is 1. The van der Waals surface area contributed by atoms with E-state index in [9.17, 15) is 17.6 Å². The standard InChI is InChI=1S/C21H15FN2O3S2/c22-15-6-3-7-16-19(15)18(11-23-16)29(26,27)24-21(25)17-10-13-9-8-12-4-1-2-5-14(12)20(13)28-17/h1-7,10-11,23H,8-9H2,(H,24,25). The van der Waals surface area contributed by atoms with Crippen molar-refractivity contribution in [3.05, 3.63) is 76.5 Å². The summed E-state index contributed by atoms with van der Waals surface area (Å²) in [5.74, 6) is -1.38. The molecule has 2 heterocycles. The second-order valence-electron chi connectivity index (χ2n) is 6.87. The van der Waals surface area contributed by atoms with Gasteiger partial charge >= 0.3 is 0 Å². The summed E-state index contributed by atoms with van der Waals surface area (Å²) in [6.45, 7) is 0. The van der Waals surface area contributed by atoms with Crippen molar-refractivity contribution < 1.29 is 17.6 Å². The summed E-state index contributed by atoms with van der Waals surface area (Å²) in [6, 6.07) is 14.0. The van der Waals surface area contributed by atoms with Gasteiger partial charge in [-0.15, -0.1) is 11.3 Å². The van der Waals surface area contributed by atoms with Gasteiger partial charge < -0.3 is 4.98 Å². The van der Waals surface area contributed by atoms with Crippen molar-refractivity contribution in [3.63, 3.8) is 0 Å². The molecule has 8 heteroatoms. The lowest BCUT2D eigenvalue weighted by Gasteiger charge is -2.15. The van der Waals surface area contributed by atoms with Crippen LogP contribution in [0.2, 0.25) is 0 Å². The van der Waals surface area contributed by atoms with E-state index in [1.54, 1.807) is 12.1 Å². The molecule has 0 saturated carbocycles. The second kappa shape index (κ2) is 6.53. The van der Waals surface area contributed by atoms with Gasteiger partial charge in [0.15, 0.2) is 0 Å². The molecule has 2 aromatic heterocycles. The van der Waals surface area contributed by atoms with Crippen molar-refractivity contribution in [1.29, 1.82) is 0 Å². The highest BCUT2D eigenvalue weighted by atomic mass is 32.2. The number of hydrogen-bond acceptors (Lipinski definition) is 4. The van der Waals surface area contributed by atoms with Crippen molar-refractivity contribution in [1.82, 2.24) is 9.71 Å². The maximum Gasteiger partial charge on any atom is 0.275 e. The van der Waals surface area contributed by atoms with E-state index in [1.165, 1.54) is 35.2 Å². The molecule has 1 aliphatic rings. The molecule has 0 fully saturated rings. The highest BCUT2D eigenvalue weighted by molar-refractivity contribution is 7.90. The monoisotopic (exact) mass is 426 g/mol. The molecule has 0 saturated heterocycles. The molecule has 1 amide bonds. The Morgan fingerprint density at radius 1 is 1.07 bits per heavy atom. The lowest BCUT2D eigenvalue weighted by atomic mass is 9.91. The topological polar surface area (TPSA) is 79.0 Å². The summed E-state index contributed by atoms with van der Waals surface area (Å²) in [5, 5.41) is -0.0628. The average molecular weight is 426 g/mol. The number of sulfonamides is 1. The van der Waals surface area contributed by atoms with Crippen LogP contribution in [0.15, 0.2) is 59.6 Å². The minimum Gasteiger partial charge on any atom is -0.360 e. The number of aromatic nitrogens is 1. The Labute approximate surface area is 170 Å². The van der Waals surface area contributed by atoms with Crippen LogP contribution in [0, 0.1) is 5.82 Å². The molecular weight excluding hydrogens is 411 g/mol. The summed E-state index contributed by atoms with van der Waals surface area (Å²) in [6.07, 6.45) is 2.88. The van der Waals surface area contributed by atoms with Crippen LogP contribution in [0.5, 0.6) is 0 Å². The summed E-state index contributed by atoms with van der Waals surface area (Å²) < 4.78 is 41.8. The summed E-state index contributed by atoms with van der Waals surface area (Å²) in [5.41, 5.74) is 3.69. The van der Waals surface area contributed by atoms with Crippen molar-refractivity contribution in [3.8, 4) is 10.4 Å². The number of thiophene rings is 1. The third-order valence-electron chi connectivity index (χ3n) is 5.09. The molecule has 4 aromatic rings. The fraction of sp³-hybridized carbons (Fsp3) is 0.0952. The summed E-state index contributed by atoms with van der Waals surface area (Å²) >= 11 is 1.27. The van der Waals surface area contributed by atoms with Gasteiger partial charge in [-0.3, -0.25) is 4.79 Å². The zero-order chi connectivity index (χ0) is 20.2. The molecule has 146 valence electrons. The summed E-state index contributed by atoms with van der Waals surface area (Å²) in [7, 11) is -4.24. The minimum absolute atomic E-state index is 0.0628. The molecule has 2 aromatic carbocycles. The van der Waals surface area contributed by atoms with E-state index >= 15 is 0 Å². The molecular formula is C21H15FN2O3S2.